The van der Waals surface area contributed by atoms with E-state index in [0.717, 1.165) is 52.2 Å². The van der Waals surface area contributed by atoms with Crippen molar-refractivity contribution < 1.29 is 0 Å². The van der Waals surface area contributed by atoms with Gasteiger partial charge in [-0.2, -0.15) is 0 Å². The van der Waals surface area contributed by atoms with Crippen LogP contribution in [0.25, 0.3) is 33.4 Å². The summed E-state index contributed by atoms with van der Waals surface area (Å²) in [6.45, 7) is 3.13. The summed E-state index contributed by atoms with van der Waals surface area (Å²) in [6, 6.07) is 27.0. The lowest BCUT2D eigenvalue weighted by Gasteiger charge is -2.12. The molecule has 0 atom stereocenters. The fourth-order valence-corrected chi connectivity index (χ4v) is 3.20. The van der Waals surface area contributed by atoms with E-state index in [0.29, 0.717) is 0 Å². The van der Waals surface area contributed by atoms with E-state index in [-0.39, 0.29) is 0 Å². The minimum atomic E-state index is 0.907. The van der Waals surface area contributed by atoms with E-state index in [1.807, 2.05) is 18.2 Å². The second kappa shape index (κ2) is 8.00. The molecular formula is C24H23N3. The standard InChI is InChI=1S/C24H23N3/c1-2-3-16-25-23-15-14-21-22(26-23)17-20(18-10-6-4-7-11-18)24(27-21)19-12-8-5-9-13-19/h4-15,17H,2-3,16H2,1H3,(H,25,26). The van der Waals surface area contributed by atoms with Gasteiger partial charge >= 0.3 is 0 Å². The summed E-state index contributed by atoms with van der Waals surface area (Å²) < 4.78 is 0. The van der Waals surface area contributed by atoms with E-state index in [4.69, 9.17) is 9.97 Å². The van der Waals surface area contributed by atoms with Crippen LogP contribution in [0.3, 0.4) is 0 Å². The summed E-state index contributed by atoms with van der Waals surface area (Å²) in [6.07, 6.45) is 2.31. The monoisotopic (exact) mass is 353 g/mol. The Morgan fingerprint density at radius 1 is 0.741 bits per heavy atom. The third-order valence-electron chi connectivity index (χ3n) is 4.64. The van der Waals surface area contributed by atoms with Crippen molar-refractivity contribution in [3.63, 3.8) is 0 Å². The molecule has 0 aliphatic carbocycles. The first-order chi connectivity index (χ1) is 13.3. The molecule has 3 heteroatoms. The highest BCUT2D eigenvalue weighted by atomic mass is 15.0. The highest BCUT2D eigenvalue weighted by Gasteiger charge is 2.12. The molecule has 0 saturated heterocycles. The van der Waals surface area contributed by atoms with Gasteiger partial charge in [-0.25, -0.2) is 9.97 Å². The van der Waals surface area contributed by atoms with Gasteiger partial charge in [0, 0.05) is 17.7 Å². The van der Waals surface area contributed by atoms with Crippen LogP contribution in [0.4, 0.5) is 5.82 Å². The van der Waals surface area contributed by atoms with Crippen molar-refractivity contribution in [3.05, 3.63) is 78.9 Å². The van der Waals surface area contributed by atoms with Crippen molar-refractivity contribution in [2.75, 3.05) is 11.9 Å². The fourth-order valence-electron chi connectivity index (χ4n) is 3.20. The molecule has 0 spiro atoms. The Morgan fingerprint density at radius 3 is 2.15 bits per heavy atom. The van der Waals surface area contributed by atoms with Gasteiger partial charge in [0.2, 0.25) is 0 Å². The van der Waals surface area contributed by atoms with Gasteiger partial charge in [0.25, 0.3) is 0 Å². The zero-order valence-corrected chi connectivity index (χ0v) is 15.5. The number of anilines is 1. The van der Waals surface area contributed by atoms with E-state index in [9.17, 15) is 0 Å². The molecule has 0 fully saturated rings. The third kappa shape index (κ3) is 3.82. The van der Waals surface area contributed by atoms with Crippen LogP contribution in [0.1, 0.15) is 19.8 Å². The van der Waals surface area contributed by atoms with Gasteiger partial charge in [0.05, 0.1) is 16.7 Å². The number of hydrogen-bond acceptors (Lipinski definition) is 3. The van der Waals surface area contributed by atoms with Crippen molar-refractivity contribution in [2.45, 2.75) is 19.8 Å². The molecule has 0 amide bonds. The minimum absolute atomic E-state index is 0.907. The van der Waals surface area contributed by atoms with Crippen LogP contribution in [0.2, 0.25) is 0 Å². The fraction of sp³-hybridized carbons (Fsp3) is 0.167. The number of fused-ring (bicyclic) bond motifs is 1. The molecule has 0 radical (unpaired) electrons. The summed E-state index contributed by atoms with van der Waals surface area (Å²) in [7, 11) is 0. The molecule has 2 aromatic heterocycles. The van der Waals surface area contributed by atoms with Gasteiger partial charge in [-0.15, -0.1) is 0 Å². The van der Waals surface area contributed by atoms with Crippen LogP contribution in [0.5, 0.6) is 0 Å². The van der Waals surface area contributed by atoms with Crippen molar-refractivity contribution in [1.82, 2.24) is 9.97 Å². The number of nitrogens with one attached hydrogen (secondary N) is 1. The first-order valence-corrected chi connectivity index (χ1v) is 9.51. The summed E-state index contributed by atoms with van der Waals surface area (Å²) in [5, 5.41) is 3.40. The molecule has 1 N–H and O–H groups in total. The first kappa shape index (κ1) is 17.2. The Labute approximate surface area is 160 Å². The lowest BCUT2D eigenvalue weighted by Crippen LogP contribution is -2.03. The Bertz CT molecular complexity index is 1030. The zero-order valence-electron chi connectivity index (χ0n) is 15.5. The largest absolute Gasteiger partial charge is 0.370 e. The topological polar surface area (TPSA) is 37.8 Å². The molecule has 4 rings (SSSR count). The number of benzene rings is 2. The second-order valence-electron chi connectivity index (χ2n) is 6.63. The molecular weight excluding hydrogens is 330 g/mol. The lowest BCUT2D eigenvalue weighted by atomic mass is 9.98. The quantitative estimate of drug-likeness (QED) is 0.421. The number of hydrogen-bond donors (Lipinski definition) is 1. The predicted octanol–water partition coefficient (Wildman–Crippen LogP) is 6.18. The summed E-state index contributed by atoms with van der Waals surface area (Å²) in [5.41, 5.74) is 6.18. The van der Waals surface area contributed by atoms with Gasteiger partial charge in [-0.1, -0.05) is 74.0 Å². The van der Waals surface area contributed by atoms with Crippen molar-refractivity contribution in [2.24, 2.45) is 0 Å². The molecule has 2 heterocycles. The highest BCUT2D eigenvalue weighted by molar-refractivity contribution is 5.90. The second-order valence-corrected chi connectivity index (χ2v) is 6.63. The maximum atomic E-state index is 4.97. The van der Waals surface area contributed by atoms with Gasteiger partial charge < -0.3 is 5.32 Å². The zero-order chi connectivity index (χ0) is 18.5. The number of pyridine rings is 2. The van der Waals surface area contributed by atoms with E-state index in [1.54, 1.807) is 0 Å². The molecule has 3 nitrogen and oxygen atoms in total. The predicted molar refractivity (Wildman–Crippen MR) is 114 cm³/mol. The Hall–Kier alpha value is -3.20. The maximum Gasteiger partial charge on any atom is 0.126 e. The van der Waals surface area contributed by atoms with E-state index < -0.39 is 0 Å². The third-order valence-corrected chi connectivity index (χ3v) is 4.64. The Morgan fingerprint density at radius 2 is 1.44 bits per heavy atom. The molecule has 0 aliphatic rings. The molecule has 134 valence electrons. The molecule has 0 bridgehead atoms. The van der Waals surface area contributed by atoms with Gasteiger partial charge in [0.15, 0.2) is 0 Å². The summed E-state index contributed by atoms with van der Waals surface area (Å²) >= 11 is 0. The molecule has 0 unspecified atom stereocenters. The molecule has 4 aromatic rings. The molecule has 2 aromatic carbocycles. The average Bonchev–Trinajstić information content (AvgIpc) is 2.74. The smallest absolute Gasteiger partial charge is 0.126 e. The van der Waals surface area contributed by atoms with Gasteiger partial charge in [-0.3, -0.25) is 0 Å². The van der Waals surface area contributed by atoms with Crippen LogP contribution in [-0.2, 0) is 0 Å². The first-order valence-electron chi connectivity index (χ1n) is 9.51. The van der Waals surface area contributed by atoms with Gasteiger partial charge in [0.1, 0.15) is 5.82 Å². The SMILES string of the molecule is CCCCNc1ccc2nc(-c3ccccc3)c(-c3ccccc3)cc2n1. The van der Waals surface area contributed by atoms with Crippen molar-refractivity contribution in [3.8, 4) is 22.4 Å². The number of aromatic nitrogens is 2. The summed E-state index contributed by atoms with van der Waals surface area (Å²) in [5.74, 6) is 0.907. The maximum absolute atomic E-state index is 4.97. The van der Waals surface area contributed by atoms with Crippen LogP contribution >= 0.6 is 0 Å². The Kier molecular flexibility index (Phi) is 5.10. The average molecular weight is 353 g/mol. The normalized spacial score (nSPS) is 10.9. The molecule has 0 aliphatic heterocycles. The Balaban J connectivity index is 1.84. The number of unbranched alkanes of at least 4 members (excludes halogenated alkanes) is 1. The number of nitrogens with zero attached hydrogens (tertiary/aromatic N) is 2. The van der Waals surface area contributed by atoms with E-state index in [2.05, 4.69) is 72.9 Å². The van der Waals surface area contributed by atoms with Crippen molar-refractivity contribution >= 4 is 16.9 Å². The van der Waals surface area contributed by atoms with Crippen molar-refractivity contribution in [1.29, 1.82) is 0 Å². The minimum Gasteiger partial charge on any atom is -0.370 e. The molecule has 27 heavy (non-hydrogen) atoms. The summed E-state index contributed by atoms with van der Waals surface area (Å²) in [4.78, 5) is 9.76. The lowest BCUT2D eigenvalue weighted by molar-refractivity contribution is 0.831. The van der Waals surface area contributed by atoms with Crippen LogP contribution in [0.15, 0.2) is 78.9 Å². The van der Waals surface area contributed by atoms with E-state index >= 15 is 0 Å². The van der Waals surface area contributed by atoms with Crippen LogP contribution < -0.4 is 5.32 Å². The van der Waals surface area contributed by atoms with Gasteiger partial charge in [-0.05, 0) is 30.2 Å². The van der Waals surface area contributed by atoms with Crippen LogP contribution in [-0.4, -0.2) is 16.5 Å². The molecule has 0 saturated carbocycles. The number of rotatable bonds is 6. The van der Waals surface area contributed by atoms with E-state index in [1.165, 1.54) is 6.42 Å². The highest BCUT2D eigenvalue weighted by Crippen LogP contribution is 2.33. The van der Waals surface area contributed by atoms with Crippen LogP contribution in [0, 0.1) is 0 Å².